The number of ether oxygens (including phenoxy) is 1. The van der Waals surface area contributed by atoms with Gasteiger partial charge in [-0.15, -0.1) is 11.3 Å². The van der Waals surface area contributed by atoms with Crippen molar-refractivity contribution < 1.29 is 23.9 Å². The lowest BCUT2D eigenvalue weighted by Crippen LogP contribution is -2.40. The predicted molar refractivity (Wildman–Crippen MR) is 110 cm³/mol. The minimum absolute atomic E-state index is 0.270. The van der Waals surface area contributed by atoms with Gasteiger partial charge in [-0.1, -0.05) is 25.1 Å². The molecule has 1 heterocycles. The second kappa shape index (κ2) is 11.0. The Kier molecular flexibility index (Phi) is 8.35. The first-order chi connectivity index (χ1) is 13.9. The molecule has 0 spiro atoms. The van der Waals surface area contributed by atoms with Crippen molar-refractivity contribution >= 4 is 40.7 Å². The summed E-state index contributed by atoms with van der Waals surface area (Å²) in [5.74, 6) is -2.14. The van der Waals surface area contributed by atoms with E-state index in [1.165, 1.54) is 18.3 Å². The maximum absolute atomic E-state index is 12.1. The number of carbonyl (C=O) groups excluding carboxylic acids is 4. The normalized spacial score (nSPS) is 11.2. The fraction of sp³-hybridized carbons (Fsp3) is 0.300. The van der Waals surface area contributed by atoms with Gasteiger partial charge in [0.25, 0.3) is 11.8 Å². The second-order valence-electron chi connectivity index (χ2n) is 6.11. The number of nitrogens with one attached hydrogen (secondary N) is 3. The quantitative estimate of drug-likeness (QED) is 0.538. The molecule has 29 heavy (non-hydrogen) atoms. The van der Waals surface area contributed by atoms with E-state index in [9.17, 15) is 19.2 Å². The van der Waals surface area contributed by atoms with Crippen molar-refractivity contribution in [3.63, 3.8) is 0 Å². The van der Waals surface area contributed by atoms with Gasteiger partial charge in [-0.2, -0.15) is 0 Å². The van der Waals surface area contributed by atoms with Crippen molar-refractivity contribution in [2.24, 2.45) is 0 Å². The van der Waals surface area contributed by atoms with E-state index < -0.39 is 30.4 Å². The van der Waals surface area contributed by atoms with Gasteiger partial charge in [-0.05, 0) is 42.5 Å². The van der Waals surface area contributed by atoms with Crippen molar-refractivity contribution in [1.29, 1.82) is 0 Å². The number of hydrogen-bond donors (Lipinski definition) is 3. The van der Waals surface area contributed by atoms with Crippen molar-refractivity contribution in [3.8, 4) is 0 Å². The third kappa shape index (κ3) is 7.38. The van der Waals surface area contributed by atoms with Gasteiger partial charge < -0.3 is 20.7 Å². The molecule has 0 bridgehead atoms. The van der Waals surface area contributed by atoms with Crippen LogP contribution in [0.2, 0.25) is 0 Å². The lowest BCUT2D eigenvalue weighted by molar-refractivity contribution is -0.152. The summed E-state index contributed by atoms with van der Waals surface area (Å²) in [7, 11) is 0. The lowest BCUT2D eigenvalue weighted by atomic mass is 10.1. The van der Waals surface area contributed by atoms with Crippen molar-refractivity contribution in [1.82, 2.24) is 10.6 Å². The van der Waals surface area contributed by atoms with E-state index in [1.54, 1.807) is 29.6 Å². The molecule has 0 saturated heterocycles. The number of amides is 3. The molecule has 8 nitrogen and oxygen atoms in total. The Morgan fingerprint density at radius 3 is 2.38 bits per heavy atom. The Bertz CT molecular complexity index is 850. The standard InChI is InChI=1S/C20H23N3O5S/c1-3-14-6-8-15(9-7-14)23-19(26)13(2)28-18(25)12-21-17(24)11-22-20(27)16-5-4-10-29-16/h4-10,13H,3,11-12H2,1-2H3,(H,21,24)(H,22,27)(H,23,26)/t13-/m0/s1. The van der Waals surface area contributed by atoms with E-state index in [-0.39, 0.29) is 12.5 Å². The zero-order valence-electron chi connectivity index (χ0n) is 16.2. The van der Waals surface area contributed by atoms with Crippen LogP contribution in [0, 0.1) is 0 Å². The largest absolute Gasteiger partial charge is 0.451 e. The molecule has 9 heteroatoms. The molecule has 154 valence electrons. The van der Waals surface area contributed by atoms with Crippen molar-refractivity contribution in [2.45, 2.75) is 26.4 Å². The van der Waals surface area contributed by atoms with Gasteiger partial charge >= 0.3 is 5.97 Å². The molecule has 0 aliphatic heterocycles. The van der Waals surface area contributed by atoms with Crippen LogP contribution in [0.5, 0.6) is 0 Å². The van der Waals surface area contributed by atoms with Crippen LogP contribution >= 0.6 is 11.3 Å². The van der Waals surface area contributed by atoms with Crippen molar-refractivity contribution in [3.05, 3.63) is 52.2 Å². The van der Waals surface area contributed by atoms with Crippen LogP contribution in [-0.2, 0) is 25.5 Å². The summed E-state index contributed by atoms with van der Waals surface area (Å²) in [6.07, 6.45) is -0.130. The van der Waals surface area contributed by atoms with E-state index in [4.69, 9.17) is 4.74 Å². The first kappa shape index (κ1) is 22.1. The molecule has 0 aliphatic rings. The molecule has 1 aromatic carbocycles. The number of esters is 1. The fourth-order valence-corrected chi connectivity index (χ4v) is 2.89. The van der Waals surface area contributed by atoms with E-state index in [0.29, 0.717) is 10.6 Å². The van der Waals surface area contributed by atoms with Gasteiger partial charge in [0.2, 0.25) is 5.91 Å². The van der Waals surface area contributed by atoms with Crippen LogP contribution in [0.25, 0.3) is 0 Å². The molecule has 1 atom stereocenters. The number of thiophene rings is 1. The fourth-order valence-electron chi connectivity index (χ4n) is 2.25. The summed E-state index contributed by atoms with van der Waals surface area (Å²) in [5.41, 5.74) is 1.75. The highest BCUT2D eigenvalue weighted by molar-refractivity contribution is 7.12. The van der Waals surface area contributed by atoms with Gasteiger partial charge in [-0.25, -0.2) is 0 Å². The van der Waals surface area contributed by atoms with E-state index in [2.05, 4.69) is 16.0 Å². The summed E-state index contributed by atoms with van der Waals surface area (Å²) in [4.78, 5) is 47.9. The molecule has 2 rings (SSSR count). The third-order valence-corrected chi connectivity index (χ3v) is 4.76. The first-order valence-electron chi connectivity index (χ1n) is 9.06. The van der Waals surface area contributed by atoms with Gasteiger partial charge in [0.05, 0.1) is 11.4 Å². The Balaban J connectivity index is 1.68. The monoisotopic (exact) mass is 417 g/mol. The molecular weight excluding hydrogens is 394 g/mol. The van der Waals surface area contributed by atoms with E-state index in [0.717, 1.165) is 12.0 Å². The summed E-state index contributed by atoms with van der Waals surface area (Å²) >= 11 is 1.26. The average molecular weight is 417 g/mol. The van der Waals surface area contributed by atoms with Crippen molar-refractivity contribution in [2.75, 3.05) is 18.4 Å². The van der Waals surface area contributed by atoms with Crippen LogP contribution in [-0.4, -0.2) is 42.9 Å². The number of carbonyl (C=O) groups is 4. The number of benzene rings is 1. The Morgan fingerprint density at radius 1 is 1.03 bits per heavy atom. The van der Waals surface area contributed by atoms with Gasteiger partial charge in [0.15, 0.2) is 6.10 Å². The minimum Gasteiger partial charge on any atom is -0.451 e. The van der Waals surface area contributed by atoms with Crippen LogP contribution < -0.4 is 16.0 Å². The molecule has 2 aromatic rings. The molecule has 1 aromatic heterocycles. The molecule has 0 radical (unpaired) electrons. The number of hydrogen-bond acceptors (Lipinski definition) is 6. The zero-order chi connectivity index (χ0) is 21.2. The Labute approximate surface area is 172 Å². The minimum atomic E-state index is -1.02. The summed E-state index contributed by atoms with van der Waals surface area (Å²) in [6.45, 7) is 2.80. The Morgan fingerprint density at radius 2 is 1.76 bits per heavy atom. The number of aryl methyl sites for hydroxylation is 1. The zero-order valence-corrected chi connectivity index (χ0v) is 17.0. The lowest BCUT2D eigenvalue weighted by Gasteiger charge is -2.14. The van der Waals surface area contributed by atoms with Gasteiger partial charge in [0.1, 0.15) is 6.54 Å². The molecule has 0 aliphatic carbocycles. The van der Waals surface area contributed by atoms with Gasteiger partial charge in [-0.3, -0.25) is 19.2 Å². The average Bonchev–Trinajstić information content (AvgIpc) is 3.26. The van der Waals surface area contributed by atoms with Crippen LogP contribution in [0.1, 0.15) is 29.1 Å². The molecule has 3 amide bonds. The number of anilines is 1. The maximum atomic E-state index is 12.1. The second-order valence-corrected chi connectivity index (χ2v) is 7.06. The summed E-state index contributed by atoms with van der Waals surface area (Å²) in [5, 5.41) is 9.19. The van der Waals surface area contributed by atoms with E-state index in [1.807, 2.05) is 19.1 Å². The van der Waals surface area contributed by atoms with Crippen LogP contribution in [0.3, 0.4) is 0 Å². The van der Waals surface area contributed by atoms with E-state index >= 15 is 0 Å². The molecule has 0 fully saturated rings. The highest BCUT2D eigenvalue weighted by Gasteiger charge is 2.18. The highest BCUT2D eigenvalue weighted by Crippen LogP contribution is 2.11. The molecule has 0 unspecified atom stereocenters. The summed E-state index contributed by atoms with van der Waals surface area (Å²) < 4.78 is 5.01. The highest BCUT2D eigenvalue weighted by atomic mass is 32.1. The smallest absolute Gasteiger partial charge is 0.326 e. The predicted octanol–water partition coefficient (Wildman–Crippen LogP) is 1.73. The molecular formula is C20H23N3O5S. The topological polar surface area (TPSA) is 114 Å². The molecule has 0 saturated carbocycles. The van der Waals surface area contributed by atoms with Crippen LogP contribution in [0.15, 0.2) is 41.8 Å². The van der Waals surface area contributed by atoms with Gasteiger partial charge in [0, 0.05) is 5.69 Å². The Hall–Kier alpha value is -3.20. The summed E-state index contributed by atoms with van der Waals surface area (Å²) in [6, 6.07) is 10.7. The third-order valence-electron chi connectivity index (χ3n) is 3.89. The van der Waals surface area contributed by atoms with Crippen LogP contribution in [0.4, 0.5) is 5.69 Å². The maximum Gasteiger partial charge on any atom is 0.326 e. The SMILES string of the molecule is CCc1ccc(NC(=O)[C@H](C)OC(=O)CNC(=O)CNC(=O)c2cccs2)cc1. The molecule has 3 N–H and O–H groups in total. The number of rotatable bonds is 9. The first-order valence-corrected chi connectivity index (χ1v) is 9.94.